The largest absolute Gasteiger partial charge is 0.367 e. The molecular formula is C21H20N4O. The molecule has 1 amide bonds. The van der Waals surface area contributed by atoms with Gasteiger partial charge in [0.1, 0.15) is 11.5 Å². The van der Waals surface area contributed by atoms with E-state index in [0.717, 1.165) is 29.7 Å². The lowest BCUT2D eigenvalue weighted by atomic mass is 10.2. The van der Waals surface area contributed by atoms with Crippen LogP contribution in [0.25, 0.3) is 11.4 Å². The van der Waals surface area contributed by atoms with Gasteiger partial charge in [0.2, 0.25) is 0 Å². The first-order chi connectivity index (χ1) is 12.7. The molecule has 1 saturated carbocycles. The van der Waals surface area contributed by atoms with Crippen LogP contribution >= 0.6 is 0 Å². The third-order valence-electron chi connectivity index (χ3n) is 4.20. The van der Waals surface area contributed by atoms with Crippen molar-refractivity contribution in [2.75, 3.05) is 10.6 Å². The number of hydrogen-bond acceptors (Lipinski definition) is 4. The van der Waals surface area contributed by atoms with E-state index in [0.29, 0.717) is 23.4 Å². The maximum Gasteiger partial charge on any atom is 0.274 e. The van der Waals surface area contributed by atoms with Crippen LogP contribution in [0.2, 0.25) is 0 Å². The first kappa shape index (κ1) is 16.3. The van der Waals surface area contributed by atoms with Gasteiger partial charge in [-0.25, -0.2) is 9.97 Å². The number of aryl methyl sites for hydroxylation is 1. The van der Waals surface area contributed by atoms with Crippen LogP contribution in [0.15, 0.2) is 60.7 Å². The van der Waals surface area contributed by atoms with Gasteiger partial charge in [-0.2, -0.15) is 0 Å². The molecule has 0 spiro atoms. The summed E-state index contributed by atoms with van der Waals surface area (Å²) in [5, 5.41) is 6.28. The first-order valence-electron chi connectivity index (χ1n) is 8.76. The number of nitrogens with zero attached hydrogens (tertiary/aromatic N) is 2. The predicted octanol–water partition coefficient (Wildman–Crippen LogP) is 4.28. The summed E-state index contributed by atoms with van der Waals surface area (Å²) in [5.74, 6) is 0.996. The maximum absolute atomic E-state index is 12.7. The highest BCUT2D eigenvalue weighted by atomic mass is 16.1. The van der Waals surface area contributed by atoms with E-state index in [1.807, 2.05) is 61.5 Å². The van der Waals surface area contributed by atoms with Crippen LogP contribution < -0.4 is 10.6 Å². The molecule has 1 aliphatic carbocycles. The van der Waals surface area contributed by atoms with Gasteiger partial charge in [-0.05, 0) is 37.5 Å². The Morgan fingerprint density at radius 3 is 2.54 bits per heavy atom. The standard InChI is InChI=1S/C21H20N4O/c1-14-6-5-9-17(12-14)23-21(26)18-13-19(22-16-10-11-16)25-20(24-18)15-7-3-2-4-8-15/h2-9,12-13,16H,10-11H2,1H3,(H,23,26)(H,22,24,25). The Labute approximate surface area is 152 Å². The van der Waals surface area contributed by atoms with Gasteiger partial charge in [-0.3, -0.25) is 4.79 Å². The molecule has 1 aromatic heterocycles. The molecule has 1 heterocycles. The average Bonchev–Trinajstić information content (AvgIpc) is 3.46. The number of hydrogen-bond donors (Lipinski definition) is 2. The fraction of sp³-hybridized carbons (Fsp3) is 0.190. The van der Waals surface area contributed by atoms with Gasteiger partial charge in [0.05, 0.1) is 0 Å². The third kappa shape index (κ3) is 3.88. The molecule has 0 radical (unpaired) electrons. The summed E-state index contributed by atoms with van der Waals surface area (Å²) in [6, 6.07) is 19.6. The number of benzene rings is 2. The van der Waals surface area contributed by atoms with Crippen molar-refractivity contribution in [3.05, 3.63) is 71.9 Å². The SMILES string of the molecule is Cc1cccc(NC(=O)c2cc(NC3CC3)nc(-c3ccccc3)n2)c1. The minimum Gasteiger partial charge on any atom is -0.367 e. The van der Waals surface area contributed by atoms with E-state index in [4.69, 9.17) is 0 Å². The fourth-order valence-corrected chi connectivity index (χ4v) is 2.71. The molecule has 2 N–H and O–H groups in total. The molecule has 1 fully saturated rings. The lowest BCUT2D eigenvalue weighted by Crippen LogP contribution is -2.16. The zero-order valence-electron chi connectivity index (χ0n) is 14.6. The number of carbonyl (C=O) groups excluding carboxylic acids is 1. The van der Waals surface area contributed by atoms with Gasteiger partial charge in [-0.1, -0.05) is 42.5 Å². The van der Waals surface area contributed by atoms with Gasteiger partial charge >= 0.3 is 0 Å². The van der Waals surface area contributed by atoms with Crippen molar-refractivity contribution in [2.45, 2.75) is 25.8 Å². The second-order valence-corrected chi connectivity index (χ2v) is 6.57. The predicted molar refractivity (Wildman–Crippen MR) is 103 cm³/mol. The summed E-state index contributed by atoms with van der Waals surface area (Å²) in [4.78, 5) is 21.8. The lowest BCUT2D eigenvalue weighted by molar-refractivity contribution is 0.102. The second kappa shape index (κ2) is 6.96. The fourth-order valence-electron chi connectivity index (χ4n) is 2.71. The number of carbonyl (C=O) groups is 1. The van der Waals surface area contributed by atoms with E-state index >= 15 is 0 Å². The molecule has 0 unspecified atom stereocenters. The molecule has 26 heavy (non-hydrogen) atoms. The van der Waals surface area contributed by atoms with Crippen molar-refractivity contribution in [2.24, 2.45) is 0 Å². The van der Waals surface area contributed by atoms with Crippen LogP contribution in [0.3, 0.4) is 0 Å². The maximum atomic E-state index is 12.7. The van der Waals surface area contributed by atoms with Crippen LogP contribution in [0.4, 0.5) is 11.5 Å². The average molecular weight is 344 g/mol. The number of aromatic nitrogens is 2. The van der Waals surface area contributed by atoms with E-state index in [1.165, 1.54) is 0 Å². The molecule has 1 aliphatic rings. The quantitative estimate of drug-likeness (QED) is 0.725. The summed E-state index contributed by atoms with van der Waals surface area (Å²) in [6.45, 7) is 1.99. The van der Waals surface area contributed by atoms with Crippen molar-refractivity contribution in [1.29, 1.82) is 0 Å². The van der Waals surface area contributed by atoms with Gasteiger partial charge in [0, 0.05) is 23.4 Å². The molecule has 0 atom stereocenters. The van der Waals surface area contributed by atoms with Crippen molar-refractivity contribution in [3.8, 4) is 11.4 Å². The van der Waals surface area contributed by atoms with Crippen LogP contribution in [-0.4, -0.2) is 21.9 Å². The molecule has 5 nitrogen and oxygen atoms in total. The van der Waals surface area contributed by atoms with Crippen LogP contribution in [-0.2, 0) is 0 Å². The Morgan fingerprint density at radius 1 is 1.00 bits per heavy atom. The molecule has 130 valence electrons. The minimum absolute atomic E-state index is 0.242. The topological polar surface area (TPSA) is 66.9 Å². The van der Waals surface area contributed by atoms with E-state index in [1.54, 1.807) is 6.07 Å². The lowest BCUT2D eigenvalue weighted by Gasteiger charge is -2.10. The summed E-state index contributed by atoms with van der Waals surface area (Å²) in [5.41, 5.74) is 3.08. The normalized spacial score (nSPS) is 13.3. The van der Waals surface area contributed by atoms with Crippen molar-refractivity contribution >= 4 is 17.4 Å². The second-order valence-electron chi connectivity index (χ2n) is 6.57. The van der Waals surface area contributed by atoms with Gasteiger partial charge in [0.15, 0.2) is 5.82 Å². The Bertz CT molecular complexity index is 936. The van der Waals surface area contributed by atoms with E-state index in [2.05, 4.69) is 20.6 Å². The first-order valence-corrected chi connectivity index (χ1v) is 8.76. The van der Waals surface area contributed by atoms with Gasteiger partial charge in [0.25, 0.3) is 5.91 Å². The monoisotopic (exact) mass is 344 g/mol. The van der Waals surface area contributed by atoms with E-state index in [-0.39, 0.29) is 5.91 Å². The summed E-state index contributed by atoms with van der Waals surface area (Å²) < 4.78 is 0. The smallest absolute Gasteiger partial charge is 0.274 e. The summed E-state index contributed by atoms with van der Waals surface area (Å²) >= 11 is 0. The van der Waals surface area contributed by atoms with E-state index < -0.39 is 0 Å². The highest BCUT2D eigenvalue weighted by Gasteiger charge is 2.22. The zero-order chi connectivity index (χ0) is 17.9. The van der Waals surface area contributed by atoms with Crippen LogP contribution in [0, 0.1) is 6.92 Å². The number of rotatable bonds is 5. The third-order valence-corrected chi connectivity index (χ3v) is 4.20. The molecule has 4 rings (SSSR count). The highest BCUT2D eigenvalue weighted by Crippen LogP contribution is 2.26. The number of anilines is 2. The van der Waals surface area contributed by atoms with Crippen molar-refractivity contribution in [1.82, 2.24) is 9.97 Å². The van der Waals surface area contributed by atoms with Gasteiger partial charge < -0.3 is 10.6 Å². The van der Waals surface area contributed by atoms with Crippen LogP contribution in [0.5, 0.6) is 0 Å². The molecule has 0 bridgehead atoms. The number of nitrogens with one attached hydrogen (secondary N) is 2. The van der Waals surface area contributed by atoms with E-state index in [9.17, 15) is 4.79 Å². The Morgan fingerprint density at radius 2 is 1.81 bits per heavy atom. The molecule has 0 saturated heterocycles. The molecule has 2 aromatic carbocycles. The van der Waals surface area contributed by atoms with Gasteiger partial charge in [-0.15, -0.1) is 0 Å². The zero-order valence-corrected chi connectivity index (χ0v) is 14.6. The Kier molecular flexibility index (Phi) is 4.35. The summed E-state index contributed by atoms with van der Waals surface area (Å²) in [7, 11) is 0. The van der Waals surface area contributed by atoms with Crippen LogP contribution in [0.1, 0.15) is 28.9 Å². The Hall–Kier alpha value is -3.21. The molecular weight excluding hydrogens is 324 g/mol. The highest BCUT2D eigenvalue weighted by molar-refractivity contribution is 6.03. The van der Waals surface area contributed by atoms with Crippen molar-refractivity contribution in [3.63, 3.8) is 0 Å². The molecule has 5 heteroatoms. The summed E-state index contributed by atoms with van der Waals surface area (Å²) in [6.07, 6.45) is 2.27. The minimum atomic E-state index is -0.242. The Balaban J connectivity index is 1.66. The van der Waals surface area contributed by atoms with Crippen molar-refractivity contribution < 1.29 is 4.79 Å². The number of amides is 1. The molecule has 0 aliphatic heterocycles. The molecule has 3 aromatic rings.